The number of nitrogens with zero attached hydrogens (tertiary/aromatic N) is 2. The topological polar surface area (TPSA) is 79.0 Å². The summed E-state index contributed by atoms with van der Waals surface area (Å²) >= 11 is 0. The maximum Gasteiger partial charge on any atom is 0.241 e. The highest BCUT2D eigenvalue weighted by atomic mass is 32.2. The number of halogens is 1. The van der Waals surface area contributed by atoms with Gasteiger partial charge in [0.25, 0.3) is 0 Å². The van der Waals surface area contributed by atoms with Gasteiger partial charge in [-0.3, -0.25) is 9.69 Å². The summed E-state index contributed by atoms with van der Waals surface area (Å²) in [6, 6.07) is 13.5. The summed E-state index contributed by atoms with van der Waals surface area (Å²) < 4.78 is 47.1. The Balaban J connectivity index is 1.20. The lowest BCUT2D eigenvalue weighted by Gasteiger charge is -2.41. The minimum absolute atomic E-state index is 0.0104. The Morgan fingerprint density at radius 3 is 2.41 bits per heavy atom. The van der Waals surface area contributed by atoms with Crippen LogP contribution in [0.1, 0.15) is 31.2 Å². The van der Waals surface area contributed by atoms with Crippen molar-refractivity contribution in [1.29, 1.82) is 0 Å². The Bertz CT molecular complexity index is 1090. The predicted molar refractivity (Wildman–Crippen MR) is 128 cm³/mol. The van der Waals surface area contributed by atoms with Crippen molar-refractivity contribution in [3.8, 4) is 5.75 Å². The number of sulfonamides is 1. The smallest absolute Gasteiger partial charge is 0.241 e. The highest BCUT2D eigenvalue weighted by Crippen LogP contribution is 2.25. The summed E-state index contributed by atoms with van der Waals surface area (Å²) in [6.45, 7) is 4.58. The van der Waals surface area contributed by atoms with E-state index in [0.29, 0.717) is 24.9 Å². The van der Waals surface area contributed by atoms with Crippen LogP contribution < -0.4 is 9.46 Å². The first-order valence-corrected chi connectivity index (χ1v) is 13.3. The normalized spacial score (nSPS) is 18.7. The molecule has 0 unspecified atom stereocenters. The fraction of sp³-hybridized carbons (Fsp3) is 0.480. The van der Waals surface area contributed by atoms with E-state index < -0.39 is 10.0 Å². The molecule has 4 rings (SSSR count). The molecular formula is C25H32FN3O4S. The van der Waals surface area contributed by atoms with Crippen LogP contribution in [-0.4, -0.2) is 69.0 Å². The highest BCUT2D eigenvalue weighted by molar-refractivity contribution is 7.89. The van der Waals surface area contributed by atoms with Crippen molar-refractivity contribution in [3.05, 3.63) is 59.9 Å². The summed E-state index contributed by atoms with van der Waals surface area (Å²) in [5.41, 5.74) is 0.846. The number of likely N-dealkylation sites (tertiary alicyclic amines) is 2. The van der Waals surface area contributed by atoms with Crippen LogP contribution in [0.5, 0.6) is 5.75 Å². The minimum Gasteiger partial charge on any atom is -0.487 e. The molecule has 34 heavy (non-hydrogen) atoms. The molecule has 0 spiro atoms. The van der Waals surface area contributed by atoms with Crippen molar-refractivity contribution in [1.82, 2.24) is 14.5 Å². The standard InChI is InChI=1S/C25H32FN3O4S/c1-19-5-4-6-22(17-19)34(31,32)27-18-25(30)29-13-9-20(10-14-29)28-15-11-21(12-16-28)33-24-8-3-2-7-23(24)26/h2-8,17,20-21,27H,9-16,18H2,1H3. The van der Waals surface area contributed by atoms with E-state index in [4.69, 9.17) is 4.74 Å². The summed E-state index contributed by atoms with van der Waals surface area (Å²) in [4.78, 5) is 16.9. The predicted octanol–water partition coefficient (Wildman–Crippen LogP) is 2.95. The fourth-order valence-electron chi connectivity index (χ4n) is 4.69. The molecule has 2 aromatic rings. The van der Waals surface area contributed by atoms with E-state index in [2.05, 4.69) is 9.62 Å². The summed E-state index contributed by atoms with van der Waals surface area (Å²) in [5, 5.41) is 0. The quantitative estimate of drug-likeness (QED) is 0.647. The molecule has 2 saturated heterocycles. The number of benzene rings is 2. The van der Waals surface area contributed by atoms with Gasteiger partial charge < -0.3 is 9.64 Å². The first-order valence-electron chi connectivity index (χ1n) is 11.8. The molecular weight excluding hydrogens is 457 g/mol. The zero-order valence-electron chi connectivity index (χ0n) is 19.5. The molecule has 1 amide bonds. The van der Waals surface area contributed by atoms with E-state index in [-0.39, 0.29) is 29.3 Å². The third-order valence-electron chi connectivity index (χ3n) is 6.65. The number of nitrogens with one attached hydrogen (secondary N) is 1. The number of piperidine rings is 2. The van der Waals surface area contributed by atoms with E-state index in [1.54, 1.807) is 35.2 Å². The van der Waals surface area contributed by atoms with Gasteiger partial charge in [-0.1, -0.05) is 24.3 Å². The van der Waals surface area contributed by atoms with Crippen molar-refractivity contribution >= 4 is 15.9 Å². The van der Waals surface area contributed by atoms with Crippen molar-refractivity contribution in [2.75, 3.05) is 32.7 Å². The van der Waals surface area contributed by atoms with Gasteiger partial charge in [0.05, 0.1) is 11.4 Å². The number of para-hydroxylation sites is 1. The molecule has 2 aliphatic heterocycles. The van der Waals surface area contributed by atoms with Gasteiger partial charge in [-0.15, -0.1) is 0 Å². The van der Waals surface area contributed by atoms with Crippen LogP contribution in [0.2, 0.25) is 0 Å². The van der Waals surface area contributed by atoms with Crippen molar-refractivity contribution in [2.24, 2.45) is 0 Å². The van der Waals surface area contributed by atoms with Crippen molar-refractivity contribution in [3.63, 3.8) is 0 Å². The summed E-state index contributed by atoms with van der Waals surface area (Å²) in [5.74, 6) is -0.222. The second-order valence-electron chi connectivity index (χ2n) is 9.04. The molecule has 0 atom stereocenters. The fourth-order valence-corrected chi connectivity index (χ4v) is 5.77. The number of rotatable bonds is 7. The zero-order chi connectivity index (χ0) is 24.1. The van der Waals surface area contributed by atoms with E-state index in [0.717, 1.165) is 44.3 Å². The number of carbonyl (C=O) groups excluding carboxylic acids is 1. The van der Waals surface area contributed by atoms with Gasteiger partial charge in [-0.25, -0.2) is 17.5 Å². The highest BCUT2D eigenvalue weighted by Gasteiger charge is 2.30. The lowest BCUT2D eigenvalue weighted by molar-refractivity contribution is -0.131. The number of carbonyl (C=O) groups is 1. The lowest BCUT2D eigenvalue weighted by atomic mass is 9.98. The average Bonchev–Trinajstić information content (AvgIpc) is 2.85. The van der Waals surface area contributed by atoms with Crippen LogP contribution in [-0.2, 0) is 14.8 Å². The molecule has 1 N–H and O–H groups in total. The third-order valence-corrected chi connectivity index (χ3v) is 8.05. The van der Waals surface area contributed by atoms with E-state index >= 15 is 0 Å². The van der Waals surface area contributed by atoms with Crippen LogP contribution in [0, 0.1) is 12.7 Å². The molecule has 0 aliphatic carbocycles. The number of hydrogen-bond acceptors (Lipinski definition) is 5. The molecule has 2 aromatic carbocycles. The Morgan fingerprint density at radius 1 is 1.03 bits per heavy atom. The van der Waals surface area contributed by atoms with Gasteiger partial charge in [-0.2, -0.15) is 0 Å². The van der Waals surface area contributed by atoms with E-state index in [9.17, 15) is 17.6 Å². The van der Waals surface area contributed by atoms with Gasteiger partial charge in [0.2, 0.25) is 15.9 Å². The largest absolute Gasteiger partial charge is 0.487 e. The van der Waals surface area contributed by atoms with Crippen molar-refractivity contribution < 1.29 is 22.3 Å². The molecule has 0 aromatic heterocycles. The molecule has 0 bridgehead atoms. The first-order chi connectivity index (χ1) is 16.3. The Hall–Kier alpha value is -2.49. The molecule has 184 valence electrons. The van der Waals surface area contributed by atoms with Crippen LogP contribution in [0.15, 0.2) is 53.4 Å². The summed E-state index contributed by atoms with van der Waals surface area (Å²) in [7, 11) is -3.72. The molecule has 2 heterocycles. The molecule has 2 fully saturated rings. The number of amides is 1. The monoisotopic (exact) mass is 489 g/mol. The molecule has 7 nitrogen and oxygen atoms in total. The van der Waals surface area contributed by atoms with Gasteiger partial charge in [0.1, 0.15) is 6.10 Å². The van der Waals surface area contributed by atoms with Crippen molar-refractivity contribution in [2.45, 2.75) is 49.6 Å². The molecule has 9 heteroatoms. The molecule has 2 aliphatic rings. The van der Waals surface area contributed by atoms with Gasteiger partial charge in [0, 0.05) is 32.2 Å². The minimum atomic E-state index is -3.72. The lowest BCUT2D eigenvalue weighted by Crippen LogP contribution is -2.51. The van der Waals surface area contributed by atoms with Gasteiger partial charge in [-0.05, 0) is 62.4 Å². The van der Waals surface area contributed by atoms with Gasteiger partial charge in [0.15, 0.2) is 11.6 Å². The second-order valence-corrected chi connectivity index (χ2v) is 10.8. The molecule has 0 saturated carbocycles. The van der Waals surface area contributed by atoms with Crippen LogP contribution in [0.25, 0.3) is 0 Å². The number of ether oxygens (including phenoxy) is 1. The first kappa shape index (κ1) is 24.6. The van der Waals surface area contributed by atoms with Crippen LogP contribution in [0.4, 0.5) is 4.39 Å². The van der Waals surface area contributed by atoms with Crippen LogP contribution in [0.3, 0.4) is 0 Å². The maximum atomic E-state index is 13.8. The van der Waals surface area contributed by atoms with Gasteiger partial charge >= 0.3 is 0 Å². The maximum absolute atomic E-state index is 13.8. The average molecular weight is 490 g/mol. The third kappa shape index (κ3) is 6.14. The van der Waals surface area contributed by atoms with Crippen LogP contribution >= 0.6 is 0 Å². The summed E-state index contributed by atoms with van der Waals surface area (Å²) in [6.07, 6.45) is 3.41. The number of hydrogen-bond donors (Lipinski definition) is 1. The Kier molecular flexibility index (Phi) is 7.85. The Morgan fingerprint density at radius 2 is 1.74 bits per heavy atom. The number of aryl methyl sites for hydroxylation is 1. The second kappa shape index (κ2) is 10.8. The van der Waals surface area contributed by atoms with E-state index in [1.807, 2.05) is 13.0 Å². The Labute approximate surface area is 200 Å². The zero-order valence-corrected chi connectivity index (χ0v) is 20.3. The van der Waals surface area contributed by atoms with E-state index in [1.165, 1.54) is 12.1 Å². The SMILES string of the molecule is Cc1cccc(S(=O)(=O)NCC(=O)N2CCC(N3CCC(Oc4ccccc4F)CC3)CC2)c1. The molecule has 0 radical (unpaired) electrons.